The summed E-state index contributed by atoms with van der Waals surface area (Å²) in [6.45, 7) is 1.15. The SMILES string of the molecule is C.NCc1ccccc1CN. The molecular weight excluding hydrogens is 136 g/mol. The van der Waals surface area contributed by atoms with Crippen LogP contribution in [0.15, 0.2) is 24.3 Å². The van der Waals surface area contributed by atoms with Gasteiger partial charge in [0.25, 0.3) is 0 Å². The van der Waals surface area contributed by atoms with E-state index in [1.165, 1.54) is 0 Å². The molecule has 62 valence electrons. The third-order valence-corrected chi connectivity index (χ3v) is 1.56. The highest BCUT2D eigenvalue weighted by Crippen LogP contribution is 2.05. The van der Waals surface area contributed by atoms with Gasteiger partial charge in [-0.2, -0.15) is 0 Å². The van der Waals surface area contributed by atoms with Crippen molar-refractivity contribution in [3.63, 3.8) is 0 Å². The second-order valence-electron chi connectivity index (χ2n) is 2.18. The molecule has 0 aliphatic heterocycles. The molecule has 0 atom stereocenters. The van der Waals surface area contributed by atoms with E-state index in [2.05, 4.69) is 0 Å². The Morgan fingerprint density at radius 3 is 1.55 bits per heavy atom. The van der Waals surface area contributed by atoms with Crippen LogP contribution in [0.2, 0.25) is 0 Å². The number of hydrogen-bond donors (Lipinski definition) is 2. The Bertz CT molecular complexity index is 185. The van der Waals surface area contributed by atoms with Crippen molar-refractivity contribution in [3.05, 3.63) is 35.4 Å². The molecule has 4 N–H and O–H groups in total. The fraction of sp³-hybridized carbons (Fsp3) is 0.333. The predicted molar refractivity (Wildman–Crippen MR) is 49.0 cm³/mol. The maximum atomic E-state index is 5.47. The van der Waals surface area contributed by atoms with Gasteiger partial charge in [-0.15, -0.1) is 0 Å². The summed E-state index contributed by atoms with van der Waals surface area (Å²) in [6.07, 6.45) is 0. The van der Waals surface area contributed by atoms with E-state index >= 15 is 0 Å². The number of rotatable bonds is 2. The molecule has 2 heteroatoms. The van der Waals surface area contributed by atoms with Crippen molar-refractivity contribution >= 4 is 0 Å². The first kappa shape index (κ1) is 10.1. The Hall–Kier alpha value is -0.860. The van der Waals surface area contributed by atoms with Crippen molar-refractivity contribution in [3.8, 4) is 0 Å². The third kappa shape index (κ3) is 2.33. The van der Waals surface area contributed by atoms with Crippen LogP contribution in [0.4, 0.5) is 0 Å². The van der Waals surface area contributed by atoms with Gasteiger partial charge in [0.15, 0.2) is 0 Å². The number of benzene rings is 1. The Morgan fingerprint density at radius 2 is 1.27 bits per heavy atom. The van der Waals surface area contributed by atoms with Gasteiger partial charge in [-0.05, 0) is 11.1 Å². The van der Waals surface area contributed by atoms with Crippen LogP contribution in [0.1, 0.15) is 18.6 Å². The summed E-state index contributed by atoms with van der Waals surface area (Å²) in [5.74, 6) is 0. The summed E-state index contributed by atoms with van der Waals surface area (Å²) in [5, 5.41) is 0. The van der Waals surface area contributed by atoms with Gasteiger partial charge >= 0.3 is 0 Å². The summed E-state index contributed by atoms with van der Waals surface area (Å²) in [6, 6.07) is 7.95. The lowest BCUT2D eigenvalue weighted by atomic mass is 10.1. The van der Waals surface area contributed by atoms with Crippen LogP contribution in [0.5, 0.6) is 0 Å². The molecule has 1 aromatic rings. The standard InChI is InChI=1S/C8H12N2.CH4/c9-5-7-3-1-2-4-8(7)6-10;/h1-4H,5-6,9-10H2;1H4. The van der Waals surface area contributed by atoms with Gasteiger partial charge in [-0.1, -0.05) is 31.7 Å². The van der Waals surface area contributed by atoms with Crippen molar-refractivity contribution < 1.29 is 0 Å². The molecule has 0 aliphatic carbocycles. The second kappa shape index (κ2) is 4.88. The van der Waals surface area contributed by atoms with E-state index in [9.17, 15) is 0 Å². The van der Waals surface area contributed by atoms with Crippen LogP contribution in [0, 0.1) is 0 Å². The zero-order valence-electron chi connectivity index (χ0n) is 5.88. The Kier molecular flexibility index (Phi) is 4.50. The Morgan fingerprint density at radius 1 is 0.909 bits per heavy atom. The van der Waals surface area contributed by atoms with Gasteiger partial charge < -0.3 is 11.5 Å². The van der Waals surface area contributed by atoms with E-state index in [1.807, 2.05) is 24.3 Å². The fourth-order valence-corrected chi connectivity index (χ4v) is 0.956. The Balaban J connectivity index is 0.000001000. The highest BCUT2D eigenvalue weighted by molar-refractivity contribution is 5.26. The van der Waals surface area contributed by atoms with Gasteiger partial charge in [-0.25, -0.2) is 0 Å². The molecule has 0 aromatic heterocycles. The van der Waals surface area contributed by atoms with Crippen LogP contribution < -0.4 is 11.5 Å². The molecule has 0 aliphatic rings. The average molecular weight is 152 g/mol. The minimum Gasteiger partial charge on any atom is -0.326 e. The van der Waals surface area contributed by atoms with E-state index < -0.39 is 0 Å². The third-order valence-electron chi connectivity index (χ3n) is 1.56. The van der Waals surface area contributed by atoms with Crippen LogP contribution in [0.25, 0.3) is 0 Å². The average Bonchev–Trinajstić information content (AvgIpc) is 2.04. The fourth-order valence-electron chi connectivity index (χ4n) is 0.956. The minimum atomic E-state index is 0. The minimum absolute atomic E-state index is 0. The molecule has 0 unspecified atom stereocenters. The molecule has 0 spiro atoms. The van der Waals surface area contributed by atoms with Gasteiger partial charge in [0.1, 0.15) is 0 Å². The number of hydrogen-bond acceptors (Lipinski definition) is 2. The quantitative estimate of drug-likeness (QED) is 0.670. The zero-order valence-corrected chi connectivity index (χ0v) is 5.88. The second-order valence-corrected chi connectivity index (χ2v) is 2.18. The molecule has 11 heavy (non-hydrogen) atoms. The molecular formula is C9H16N2. The van der Waals surface area contributed by atoms with Gasteiger partial charge in [0.05, 0.1) is 0 Å². The first-order valence-electron chi connectivity index (χ1n) is 3.35. The normalized spacial score (nSPS) is 8.91. The molecule has 0 saturated carbocycles. The lowest BCUT2D eigenvalue weighted by Gasteiger charge is -2.02. The van der Waals surface area contributed by atoms with E-state index in [0.717, 1.165) is 11.1 Å². The van der Waals surface area contributed by atoms with Crippen LogP contribution in [-0.2, 0) is 13.1 Å². The van der Waals surface area contributed by atoms with Gasteiger partial charge in [0.2, 0.25) is 0 Å². The summed E-state index contributed by atoms with van der Waals surface area (Å²) in [5.41, 5.74) is 13.2. The lowest BCUT2D eigenvalue weighted by molar-refractivity contribution is 0.980. The van der Waals surface area contributed by atoms with Crippen LogP contribution in [0.3, 0.4) is 0 Å². The van der Waals surface area contributed by atoms with E-state index in [-0.39, 0.29) is 7.43 Å². The summed E-state index contributed by atoms with van der Waals surface area (Å²) < 4.78 is 0. The van der Waals surface area contributed by atoms with Crippen LogP contribution >= 0.6 is 0 Å². The molecule has 0 heterocycles. The highest BCUT2D eigenvalue weighted by Gasteiger charge is 1.94. The molecule has 0 fully saturated rings. The van der Waals surface area contributed by atoms with Crippen molar-refractivity contribution in [1.29, 1.82) is 0 Å². The summed E-state index contributed by atoms with van der Waals surface area (Å²) in [4.78, 5) is 0. The van der Waals surface area contributed by atoms with Gasteiger partial charge in [0, 0.05) is 13.1 Å². The van der Waals surface area contributed by atoms with E-state index in [4.69, 9.17) is 11.5 Å². The molecule has 1 aromatic carbocycles. The van der Waals surface area contributed by atoms with E-state index in [0.29, 0.717) is 13.1 Å². The smallest absolute Gasteiger partial charge is 0.0181 e. The maximum absolute atomic E-state index is 5.47. The zero-order chi connectivity index (χ0) is 7.40. The Labute approximate surface area is 68.2 Å². The first-order chi connectivity index (χ1) is 4.88. The molecule has 0 amide bonds. The van der Waals surface area contributed by atoms with Crippen molar-refractivity contribution in [2.24, 2.45) is 11.5 Å². The molecule has 0 bridgehead atoms. The highest BCUT2D eigenvalue weighted by atomic mass is 14.6. The molecule has 1 rings (SSSR count). The largest absolute Gasteiger partial charge is 0.326 e. The van der Waals surface area contributed by atoms with Crippen LogP contribution in [-0.4, -0.2) is 0 Å². The molecule has 2 nitrogen and oxygen atoms in total. The molecule has 0 saturated heterocycles. The van der Waals surface area contributed by atoms with Crippen molar-refractivity contribution in [2.45, 2.75) is 20.5 Å². The van der Waals surface area contributed by atoms with Gasteiger partial charge in [-0.3, -0.25) is 0 Å². The maximum Gasteiger partial charge on any atom is 0.0181 e. The van der Waals surface area contributed by atoms with E-state index in [1.54, 1.807) is 0 Å². The predicted octanol–water partition coefficient (Wildman–Crippen LogP) is 1.24. The topological polar surface area (TPSA) is 52.0 Å². The lowest BCUT2D eigenvalue weighted by Crippen LogP contribution is -2.05. The summed E-state index contributed by atoms with van der Waals surface area (Å²) in [7, 11) is 0. The van der Waals surface area contributed by atoms with Crippen molar-refractivity contribution in [1.82, 2.24) is 0 Å². The molecule has 0 radical (unpaired) electrons. The first-order valence-corrected chi connectivity index (χ1v) is 3.35. The monoisotopic (exact) mass is 152 g/mol. The number of nitrogens with two attached hydrogens (primary N) is 2. The van der Waals surface area contributed by atoms with Crippen molar-refractivity contribution in [2.75, 3.05) is 0 Å². The summed E-state index contributed by atoms with van der Waals surface area (Å²) >= 11 is 0.